The Kier molecular flexibility index (Phi) is 6.49. The number of benzene rings is 1. The van der Waals surface area contributed by atoms with Gasteiger partial charge in [-0.25, -0.2) is 4.79 Å². The first-order chi connectivity index (χ1) is 11.6. The Morgan fingerprint density at radius 2 is 1.79 bits per heavy atom. The van der Waals surface area contributed by atoms with Crippen LogP contribution in [0.5, 0.6) is 0 Å². The quantitative estimate of drug-likeness (QED) is 0.794. The van der Waals surface area contributed by atoms with Crippen LogP contribution in [0.2, 0.25) is 0 Å². The van der Waals surface area contributed by atoms with Gasteiger partial charge in [0, 0.05) is 24.9 Å². The summed E-state index contributed by atoms with van der Waals surface area (Å²) in [5.41, 5.74) is 1.56. The SMILES string of the molecule is CC[C@H](CNC(=O)[C@@H](C)OC(=O)c1ccncc1)c1ccccc1. The lowest BCUT2D eigenvalue weighted by Crippen LogP contribution is -2.38. The zero-order valence-corrected chi connectivity index (χ0v) is 13.9. The molecule has 0 radical (unpaired) electrons. The minimum absolute atomic E-state index is 0.234. The van der Waals surface area contributed by atoms with E-state index in [4.69, 9.17) is 4.74 Å². The van der Waals surface area contributed by atoms with Crippen molar-refractivity contribution >= 4 is 11.9 Å². The second kappa shape index (κ2) is 8.82. The highest BCUT2D eigenvalue weighted by atomic mass is 16.5. The lowest BCUT2D eigenvalue weighted by molar-refractivity contribution is -0.129. The molecule has 1 heterocycles. The molecule has 5 heteroatoms. The number of amides is 1. The molecule has 2 atom stereocenters. The van der Waals surface area contributed by atoms with Crippen molar-refractivity contribution in [1.29, 1.82) is 0 Å². The van der Waals surface area contributed by atoms with E-state index in [1.807, 2.05) is 30.3 Å². The summed E-state index contributed by atoms with van der Waals surface area (Å²) in [5.74, 6) is -0.597. The fourth-order valence-corrected chi connectivity index (χ4v) is 2.36. The predicted octanol–water partition coefficient (Wildman–Crippen LogP) is 2.94. The van der Waals surface area contributed by atoms with Crippen molar-refractivity contribution in [2.75, 3.05) is 6.54 Å². The van der Waals surface area contributed by atoms with Gasteiger partial charge in [-0.05, 0) is 31.0 Å². The van der Waals surface area contributed by atoms with Crippen LogP contribution < -0.4 is 5.32 Å². The molecule has 1 aromatic carbocycles. The highest BCUT2D eigenvalue weighted by Gasteiger charge is 2.20. The van der Waals surface area contributed by atoms with Crippen LogP contribution in [0.4, 0.5) is 0 Å². The van der Waals surface area contributed by atoms with Crippen LogP contribution in [-0.2, 0) is 9.53 Å². The molecule has 24 heavy (non-hydrogen) atoms. The molecule has 1 amide bonds. The molecule has 2 aromatic rings. The zero-order valence-electron chi connectivity index (χ0n) is 13.9. The van der Waals surface area contributed by atoms with Gasteiger partial charge in [0.2, 0.25) is 0 Å². The summed E-state index contributed by atoms with van der Waals surface area (Å²) in [7, 11) is 0. The normalized spacial score (nSPS) is 12.9. The van der Waals surface area contributed by atoms with E-state index in [1.165, 1.54) is 18.0 Å². The van der Waals surface area contributed by atoms with Crippen molar-refractivity contribution in [1.82, 2.24) is 10.3 Å². The highest BCUT2D eigenvalue weighted by Crippen LogP contribution is 2.18. The first kappa shape index (κ1) is 17.7. The van der Waals surface area contributed by atoms with Gasteiger partial charge in [0.1, 0.15) is 0 Å². The Morgan fingerprint density at radius 1 is 1.12 bits per heavy atom. The van der Waals surface area contributed by atoms with E-state index in [0.29, 0.717) is 12.1 Å². The summed E-state index contributed by atoms with van der Waals surface area (Å²) in [6.07, 6.45) is 3.08. The molecular weight excluding hydrogens is 304 g/mol. The monoisotopic (exact) mass is 326 g/mol. The molecule has 0 fully saturated rings. The molecule has 1 aromatic heterocycles. The minimum atomic E-state index is -0.848. The third kappa shape index (κ3) is 4.91. The van der Waals surface area contributed by atoms with Gasteiger partial charge in [-0.1, -0.05) is 37.3 Å². The second-order valence-corrected chi connectivity index (χ2v) is 5.54. The summed E-state index contributed by atoms with van der Waals surface area (Å²) in [5, 5.41) is 2.86. The van der Waals surface area contributed by atoms with Crippen LogP contribution in [0, 0.1) is 0 Å². The van der Waals surface area contributed by atoms with Crippen molar-refractivity contribution in [2.24, 2.45) is 0 Å². The fourth-order valence-electron chi connectivity index (χ4n) is 2.36. The Morgan fingerprint density at radius 3 is 2.42 bits per heavy atom. The molecule has 2 rings (SSSR count). The Hall–Kier alpha value is -2.69. The van der Waals surface area contributed by atoms with Crippen molar-refractivity contribution in [3.8, 4) is 0 Å². The first-order valence-electron chi connectivity index (χ1n) is 8.05. The molecule has 0 aliphatic rings. The van der Waals surface area contributed by atoms with Crippen molar-refractivity contribution < 1.29 is 14.3 Å². The van der Waals surface area contributed by atoms with Crippen LogP contribution >= 0.6 is 0 Å². The number of esters is 1. The number of pyridine rings is 1. The minimum Gasteiger partial charge on any atom is -0.449 e. The van der Waals surface area contributed by atoms with Gasteiger partial charge in [-0.2, -0.15) is 0 Å². The standard InChI is InChI=1S/C19H22N2O3/c1-3-15(16-7-5-4-6-8-16)13-21-18(22)14(2)24-19(23)17-9-11-20-12-10-17/h4-12,14-15H,3,13H2,1-2H3,(H,21,22)/t14-,15-/m1/s1. The van der Waals surface area contributed by atoms with E-state index < -0.39 is 12.1 Å². The van der Waals surface area contributed by atoms with Crippen molar-refractivity contribution in [3.05, 3.63) is 66.0 Å². The highest BCUT2D eigenvalue weighted by molar-refractivity contribution is 5.92. The third-order valence-corrected chi connectivity index (χ3v) is 3.86. The van der Waals surface area contributed by atoms with Gasteiger partial charge in [-0.3, -0.25) is 9.78 Å². The number of rotatable bonds is 7. The smallest absolute Gasteiger partial charge is 0.339 e. The van der Waals surface area contributed by atoms with Crippen LogP contribution in [0.25, 0.3) is 0 Å². The first-order valence-corrected chi connectivity index (χ1v) is 8.05. The summed E-state index contributed by atoms with van der Waals surface area (Å²) in [4.78, 5) is 27.9. The molecule has 1 N–H and O–H groups in total. The maximum atomic E-state index is 12.2. The fraction of sp³-hybridized carbons (Fsp3) is 0.316. The van der Waals surface area contributed by atoms with Crippen LogP contribution in [0.15, 0.2) is 54.9 Å². The predicted molar refractivity (Wildman–Crippen MR) is 91.6 cm³/mol. The van der Waals surface area contributed by atoms with Gasteiger partial charge in [0.05, 0.1) is 5.56 Å². The summed E-state index contributed by atoms with van der Waals surface area (Å²) >= 11 is 0. The number of carbonyl (C=O) groups is 2. The molecule has 0 aliphatic carbocycles. The Labute approximate surface area is 142 Å². The van der Waals surface area contributed by atoms with Crippen molar-refractivity contribution in [3.63, 3.8) is 0 Å². The molecule has 0 spiro atoms. The Balaban J connectivity index is 1.86. The van der Waals surface area contributed by atoms with Gasteiger partial charge in [0.25, 0.3) is 5.91 Å². The average Bonchev–Trinajstić information content (AvgIpc) is 2.63. The lowest BCUT2D eigenvalue weighted by atomic mass is 9.96. The number of nitrogens with one attached hydrogen (secondary N) is 1. The molecule has 0 saturated heterocycles. The third-order valence-electron chi connectivity index (χ3n) is 3.86. The van der Waals surface area contributed by atoms with E-state index in [2.05, 4.69) is 17.2 Å². The number of ether oxygens (including phenoxy) is 1. The molecular formula is C19H22N2O3. The van der Waals surface area contributed by atoms with Crippen LogP contribution in [0.3, 0.4) is 0 Å². The molecule has 126 valence electrons. The number of aromatic nitrogens is 1. The molecule has 0 unspecified atom stereocenters. The van der Waals surface area contributed by atoms with Crippen molar-refractivity contribution in [2.45, 2.75) is 32.3 Å². The molecule has 0 aliphatic heterocycles. The topological polar surface area (TPSA) is 68.3 Å². The van der Waals surface area contributed by atoms with Gasteiger partial charge < -0.3 is 10.1 Å². The molecule has 5 nitrogen and oxygen atoms in total. The van der Waals surface area contributed by atoms with Gasteiger partial charge >= 0.3 is 5.97 Å². The number of carbonyl (C=O) groups excluding carboxylic acids is 2. The van der Waals surface area contributed by atoms with Crippen LogP contribution in [0.1, 0.15) is 42.1 Å². The van der Waals surface area contributed by atoms with Gasteiger partial charge in [-0.15, -0.1) is 0 Å². The largest absolute Gasteiger partial charge is 0.449 e. The summed E-state index contributed by atoms with van der Waals surface area (Å²) in [6.45, 7) is 4.16. The van der Waals surface area contributed by atoms with Gasteiger partial charge in [0.15, 0.2) is 6.10 Å². The maximum Gasteiger partial charge on any atom is 0.339 e. The van der Waals surface area contributed by atoms with E-state index in [1.54, 1.807) is 19.1 Å². The van der Waals surface area contributed by atoms with E-state index in [9.17, 15) is 9.59 Å². The number of nitrogens with zero attached hydrogens (tertiary/aromatic N) is 1. The zero-order chi connectivity index (χ0) is 17.4. The lowest BCUT2D eigenvalue weighted by Gasteiger charge is -2.18. The number of hydrogen-bond acceptors (Lipinski definition) is 4. The summed E-state index contributed by atoms with van der Waals surface area (Å²) in [6, 6.07) is 13.1. The number of hydrogen-bond donors (Lipinski definition) is 1. The van der Waals surface area contributed by atoms with E-state index >= 15 is 0 Å². The molecule has 0 saturated carbocycles. The maximum absolute atomic E-state index is 12.2. The van der Waals surface area contributed by atoms with Crippen LogP contribution in [-0.4, -0.2) is 29.5 Å². The second-order valence-electron chi connectivity index (χ2n) is 5.54. The summed E-state index contributed by atoms with van der Waals surface area (Å²) < 4.78 is 5.19. The van der Waals surface area contributed by atoms with E-state index in [-0.39, 0.29) is 11.8 Å². The molecule has 0 bridgehead atoms. The Bertz CT molecular complexity index is 659. The average molecular weight is 326 g/mol. The van der Waals surface area contributed by atoms with E-state index in [0.717, 1.165) is 6.42 Å².